The van der Waals surface area contributed by atoms with E-state index in [0.717, 1.165) is 17.1 Å². The minimum atomic E-state index is 0.770. The van der Waals surface area contributed by atoms with Crippen LogP contribution in [0.1, 0.15) is 5.56 Å². The first kappa shape index (κ1) is 9.53. The molecular weight excluding hydrogens is 184 g/mol. The van der Waals surface area contributed by atoms with Gasteiger partial charge in [0.1, 0.15) is 11.5 Å². The summed E-state index contributed by atoms with van der Waals surface area (Å²) in [6.07, 6.45) is 1.54. The summed E-state index contributed by atoms with van der Waals surface area (Å²) in [5, 5.41) is 0. The van der Waals surface area contributed by atoms with Gasteiger partial charge in [0, 0.05) is 5.56 Å². The second-order valence-corrected chi connectivity index (χ2v) is 3.12. The molecule has 0 saturated heterocycles. The van der Waals surface area contributed by atoms with Crippen LogP contribution in [-0.4, -0.2) is 0 Å². The van der Waals surface area contributed by atoms with E-state index in [2.05, 4.69) is 0 Å². The van der Waals surface area contributed by atoms with Gasteiger partial charge < -0.3 is 4.74 Å². The van der Waals surface area contributed by atoms with E-state index in [0.29, 0.717) is 0 Å². The van der Waals surface area contributed by atoms with Gasteiger partial charge in [0.15, 0.2) is 0 Å². The highest BCUT2D eigenvalue weighted by atomic mass is 16.5. The standard InChI is InChI=1S/C14H11O/c1-2-12-8-6-7-11-14(12)15-13-9-4-3-5-10-13/h1-11H. The smallest absolute Gasteiger partial charge is 0.134 e. The lowest BCUT2D eigenvalue weighted by atomic mass is 10.2. The number of para-hydroxylation sites is 2. The van der Waals surface area contributed by atoms with E-state index in [1.807, 2.05) is 54.6 Å². The normalized spacial score (nSPS) is 9.60. The first-order valence-electron chi connectivity index (χ1n) is 4.77. The maximum atomic E-state index is 5.69. The maximum Gasteiger partial charge on any atom is 0.134 e. The zero-order chi connectivity index (χ0) is 10.5. The van der Waals surface area contributed by atoms with Crippen molar-refractivity contribution in [3.8, 4) is 11.5 Å². The zero-order valence-corrected chi connectivity index (χ0v) is 8.26. The van der Waals surface area contributed by atoms with Gasteiger partial charge in [0.2, 0.25) is 0 Å². The van der Waals surface area contributed by atoms with Crippen LogP contribution in [0.4, 0.5) is 0 Å². The Morgan fingerprint density at radius 2 is 1.53 bits per heavy atom. The lowest BCUT2D eigenvalue weighted by Crippen LogP contribution is -1.86. The van der Waals surface area contributed by atoms with Crippen LogP contribution in [0, 0.1) is 6.58 Å². The molecule has 0 saturated carbocycles. The molecular formula is C14H11O. The summed E-state index contributed by atoms with van der Waals surface area (Å²) in [5.74, 6) is 1.58. The maximum absolute atomic E-state index is 5.69. The van der Waals surface area contributed by atoms with E-state index in [9.17, 15) is 0 Å². The summed E-state index contributed by atoms with van der Waals surface area (Å²) in [4.78, 5) is 0. The molecule has 0 fully saturated rings. The summed E-state index contributed by atoms with van der Waals surface area (Å²) in [7, 11) is 0. The molecule has 2 aromatic carbocycles. The van der Waals surface area contributed by atoms with Crippen molar-refractivity contribution in [2.45, 2.75) is 0 Å². The number of ether oxygens (including phenoxy) is 1. The molecule has 0 atom stereocenters. The summed E-state index contributed by atoms with van der Waals surface area (Å²) in [5.41, 5.74) is 0.890. The highest BCUT2D eigenvalue weighted by Crippen LogP contribution is 2.25. The van der Waals surface area contributed by atoms with Gasteiger partial charge in [-0.3, -0.25) is 0 Å². The van der Waals surface area contributed by atoms with Gasteiger partial charge in [0.05, 0.1) is 0 Å². The van der Waals surface area contributed by atoms with Gasteiger partial charge in [-0.1, -0.05) is 49.1 Å². The van der Waals surface area contributed by atoms with Crippen LogP contribution in [0.15, 0.2) is 54.6 Å². The quantitative estimate of drug-likeness (QED) is 0.721. The van der Waals surface area contributed by atoms with Crippen LogP contribution < -0.4 is 4.74 Å². The molecule has 1 nitrogen and oxygen atoms in total. The zero-order valence-electron chi connectivity index (χ0n) is 8.26. The first-order valence-corrected chi connectivity index (χ1v) is 4.77. The molecule has 0 aliphatic carbocycles. The van der Waals surface area contributed by atoms with E-state index in [1.54, 1.807) is 0 Å². The number of hydrogen-bond acceptors (Lipinski definition) is 1. The molecule has 0 amide bonds. The predicted molar refractivity (Wildman–Crippen MR) is 61.7 cm³/mol. The molecule has 0 aliphatic rings. The molecule has 0 unspecified atom stereocenters. The van der Waals surface area contributed by atoms with E-state index in [4.69, 9.17) is 11.3 Å². The summed E-state index contributed by atoms with van der Waals surface area (Å²) >= 11 is 0. The molecule has 2 rings (SSSR count). The molecule has 73 valence electrons. The van der Waals surface area contributed by atoms with Gasteiger partial charge in [-0.2, -0.15) is 0 Å². The van der Waals surface area contributed by atoms with Crippen molar-refractivity contribution in [1.82, 2.24) is 0 Å². The molecule has 15 heavy (non-hydrogen) atoms. The first-order chi connectivity index (χ1) is 7.40. The lowest BCUT2D eigenvalue weighted by Gasteiger charge is -2.07. The minimum absolute atomic E-state index is 0.770. The summed E-state index contributed by atoms with van der Waals surface area (Å²) in [6, 6.07) is 17.3. The Morgan fingerprint density at radius 3 is 2.27 bits per heavy atom. The van der Waals surface area contributed by atoms with Gasteiger partial charge in [-0.15, -0.1) is 0 Å². The molecule has 0 spiro atoms. The van der Waals surface area contributed by atoms with Crippen molar-refractivity contribution >= 4 is 6.08 Å². The van der Waals surface area contributed by atoms with Crippen LogP contribution in [0.2, 0.25) is 0 Å². The Balaban J connectivity index is 2.28. The fourth-order valence-electron chi connectivity index (χ4n) is 1.33. The third kappa shape index (κ3) is 2.26. The highest BCUT2D eigenvalue weighted by Gasteiger charge is 1.99. The summed E-state index contributed by atoms with van der Waals surface area (Å²) in [6.45, 7) is 5.50. The van der Waals surface area contributed by atoms with Crippen LogP contribution in [0.3, 0.4) is 0 Å². The average molecular weight is 195 g/mol. The van der Waals surface area contributed by atoms with Crippen molar-refractivity contribution < 1.29 is 4.74 Å². The molecule has 0 heterocycles. The predicted octanol–water partition coefficient (Wildman–Crippen LogP) is 3.93. The Hall–Kier alpha value is -2.02. The lowest BCUT2D eigenvalue weighted by molar-refractivity contribution is 0.481. The van der Waals surface area contributed by atoms with Crippen LogP contribution in [0.5, 0.6) is 11.5 Å². The second-order valence-electron chi connectivity index (χ2n) is 3.12. The fraction of sp³-hybridized carbons (Fsp3) is 0. The van der Waals surface area contributed by atoms with Crippen LogP contribution in [0.25, 0.3) is 6.08 Å². The van der Waals surface area contributed by atoms with Crippen molar-refractivity contribution in [3.63, 3.8) is 0 Å². The second kappa shape index (κ2) is 4.47. The number of rotatable bonds is 3. The number of benzene rings is 2. The van der Waals surface area contributed by atoms with E-state index >= 15 is 0 Å². The molecule has 0 aliphatic heterocycles. The van der Waals surface area contributed by atoms with Crippen LogP contribution >= 0.6 is 0 Å². The highest BCUT2D eigenvalue weighted by molar-refractivity contribution is 5.55. The third-order valence-corrected chi connectivity index (χ3v) is 2.07. The van der Waals surface area contributed by atoms with Gasteiger partial charge in [0.25, 0.3) is 0 Å². The van der Waals surface area contributed by atoms with Gasteiger partial charge in [-0.25, -0.2) is 0 Å². The Labute approximate surface area is 89.6 Å². The van der Waals surface area contributed by atoms with E-state index in [1.165, 1.54) is 6.08 Å². The molecule has 2 aromatic rings. The molecule has 0 aromatic heterocycles. The Kier molecular flexibility index (Phi) is 2.84. The van der Waals surface area contributed by atoms with E-state index < -0.39 is 0 Å². The third-order valence-electron chi connectivity index (χ3n) is 2.07. The Morgan fingerprint density at radius 1 is 0.867 bits per heavy atom. The molecule has 1 radical (unpaired) electrons. The largest absolute Gasteiger partial charge is 0.457 e. The molecule has 0 N–H and O–H groups in total. The fourth-order valence-corrected chi connectivity index (χ4v) is 1.33. The SMILES string of the molecule is [CH]=Cc1ccccc1Oc1ccccc1. The monoisotopic (exact) mass is 195 g/mol. The molecule has 1 heteroatoms. The van der Waals surface area contributed by atoms with Crippen LogP contribution in [-0.2, 0) is 0 Å². The average Bonchev–Trinajstić information content (AvgIpc) is 2.31. The minimum Gasteiger partial charge on any atom is -0.457 e. The van der Waals surface area contributed by atoms with Crippen molar-refractivity contribution in [1.29, 1.82) is 0 Å². The molecule has 0 bridgehead atoms. The van der Waals surface area contributed by atoms with Crippen molar-refractivity contribution in [2.75, 3.05) is 0 Å². The number of hydrogen-bond donors (Lipinski definition) is 0. The summed E-state index contributed by atoms with van der Waals surface area (Å²) < 4.78 is 5.69. The van der Waals surface area contributed by atoms with Gasteiger partial charge >= 0.3 is 0 Å². The topological polar surface area (TPSA) is 9.23 Å². The Bertz CT molecular complexity index is 446. The van der Waals surface area contributed by atoms with Crippen molar-refractivity contribution in [2.24, 2.45) is 0 Å². The van der Waals surface area contributed by atoms with E-state index in [-0.39, 0.29) is 0 Å². The van der Waals surface area contributed by atoms with Crippen molar-refractivity contribution in [3.05, 3.63) is 66.7 Å². The van der Waals surface area contributed by atoms with Gasteiger partial charge in [-0.05, 0) is 18.2 Å².